The highest BCUT2D eigenvalue weighted by Crippen LogP contribution is 2.29. The van der Waals surface area contributed by atoms with Crippen LogP contribution in [0.5, 0.6) is 5.75 Å². The van der Waals surface area contributed by atoms with E-state index in [-0.39, 0.29) is 0 Å². The number of hydrogen-bond donors (Lipinski definition) is 2. The number of aryl methyl sites for hydroxylation is 1. The first kappa shape index (κ1) is 21.0. The average Bonchev–Trinajstić information content (AvgIpc) is 3.22. The first-order valence-corrected chi connectivity index (χ1v) is 11.3. The molecule has 0 radical (unpaired) electrons. The quantitative estimate of drug-likeness (QED) is 0.281. The summed E-state index contributed by atoms with van der Waals surface area (Å²) in [6.07, 6.45) is 0. The minimum Gasteiger partial charge on any atom is -0.489 e. The van der Waals surface area contributed by atoms with Crippen LogP contribution in [0.15, 0.2) is 91.0 Å². The summed E-state index contributed by atoms with van der Waals surface area (Å²) in [6, 6.07) is 30.8. The van der Waals surface area contributed by atoms with Gasteiger partial charge in [-0.05, 0) is 41.5 Å². The van der Waals surface area contributed by atoms with E-state index in [2.05, 4.69) is 71.1 Å². The molecule has 0 aliphatic carbocycles. The Bertz CT molecular complexity index is 1460. The number of aromatic amines is 1. The second-order valence-corrected chi connectivity index (χ2v) is 8.32. The summed E-state index contributed by atoms with van der Waals surface area (Å²) in [5.74, 6) is 1.59. The van der Waals surface area contributed by atoms with Crippen molar-refractivity contribution in [2.24, 2.45) is 0 Å². The number of ether oxygens (including phenoxy) is 1. The van der Waals surface area contributed by atoms with Crippen molar-refractivity contribution in [2.45, 2.75) is 20.1 Å². The fraction of sp³-hybridized carbons (Fsp3) is 0.111. The monoisotopic (exact) mass is 452 g/mol. The Balaban J connectivity index is 1.47. The first-order chi connectivity index (χ1) is 16.2. The molecule has 0 aliphatic rings. The van der Waals surface area contributed by atoms with Crippen LogP contribution < -0.4 is 10.2 Å². The second kappa shape index (κ2) is 9.30. The molecule has 1 heterocycles. The van der Waals surface area contributed by atoms with E-state index in [1.54, 1.807) is 0 Å². The molecule has 6 heteroatoms. The SMILES string of the molecule is Cc1cccc(COc2ccc3ccccc3c2CNn2c(-c3ccccc3)n[nH]c2=S)c1. The van der Waals surface area contributed by atoms with Crippen LogP contribution in [-0.2, 0) is 13.2 Å². The molecule has 0 amide bonds. The van der Waals surface area contributed by atoms with Gasteiger partial charge in [-0.15, -0.1) is 0 Å². The summed E-state index contributed by atoms with van der Waals surface area (Å²) >= 11 is 5.50. The molecule has 0 fully saturated rings. The largest absolute Gasteiger partial charge is 0.489 e. The van der Waals surface area contributed by atoms with E-state index in [0.29, 0.717) is 17.9 Å². The van der Waals surface area contributed by atoms with Gasteiger partial charge in [0, 0.05) is 11.1 Å². The van der Waals surface area contributed by atoms with Gasteiger partial charge in [-0.1, -0.05) is 90.5 Å². The van der Waals surface area contributed by atoms with E-state index >= 15 is 0 Å². The molecule has 164 valence electrons. The third-order valence-electron chi connectivity index (χ3n) is 5.59. The summed E-state index contributed by atoms with van der Waals surface area (Å²) in [6.45, 7) is 3.12. The summed E-state index contributed by atoms with van der Waals surface area (Å²) in [5, 5.41) is 9.62. The highest BCUT2D eigenvalue weighted by atomic mass is 32.1. The maximum atomic E-state index is 6.30. The maximum absolute atomic E-state index is 6.30. The van der Waals surface area contributed by atoms with Crippen molar-refractivity contribution in [3.8, 4) is 17.1 Å². The number of fused-ring (bicyclic) bond motifs is 1. The fourth-order valence-electron chi connectivity index (χ4n) is 3.98. The lowest BCUT2D eigenvalue weighted by molar-refractivity contribution is 0.303. The number of nitrogens with one attached hydrogen (secondary N) is 2. The molecule has 0 bridgehead atoms. The Morgan fingerprint density at radius 1 is 0.939 bits per heavy atom. The van der Waals surface area contributed by atoms with Crippen LogP contribution in [0, 0.1) is 11.7 Å². The number of H-pyrrole nitrogens is 1. The van der Waals surface area contributed by atoms with Gasteiger partial charge in [0.1, 0.15) is 12.4 Å². The first-order valence-electron chi connectivity index (χ1n) is 10.8. The minimum atomic E-state index is 0.507. The Hall–Kier alpha value is -3.90. The standard InChI is InChI=1S/C27H24N4OS/c1-19-8-7-9-20(16-19)18-32-25-15-14-21-10-5-6-13-23(21)24(25)17-28-31-26(29-30-27(31)33)22-11-3-2-4-12-22/h2-16,28H,17-18H2,1H3,(H,30,33). The number of hydrogen-bond acceptors (Lipinski definition) is 4. The number of benzene rings is 4. The number of aromatic nitrogens is 3. The molecule has 5 rings (SSSR count). The average molecular weight is 453 g/mol. The predicted molar refractivity (Wildman–Crippen MR) is 135 cm³/mol. The van der Waals surface area contributed by atoms with Gasteiger partial charge in [0.2, 0.25) is 4.77 Å². The van der Waals surface area contributed by atoms with E-state index in [4.69, 9.17) is 17.0 Å². The Morgan fingerprint density at radius 2 is 1.76 bits per heavy atom. The lowest BCUT2D eigenvalue weighted by Crippen LogP contribution is -2.17. The highest BCUT2D eigenvalue weighted by Gasteiger charge is 2.13. The van der Waals surface area contributed by atoms with Crippen LogP contribution in [-0.4, -0.2) is 14.9 Å². The van der Waals surface area contributed by atoms with Crippen LogP contribution in [0.1, 0.15) is 16.7 Å². The van der Waals surface area contributed by atoms with Crippen LogP contribution in [0.25, 0.3) is 22.2 Å². The highest BCUT2D eigenvalue weighted by molar-refractivity contribution is 7.71. The fourth-order valence-corrected chi connectivity index (χ4v) is 4.18. The number of rotatable bonds is 7. The zero-order chi connectivity index (χ0) is 22.6. The minimum absolute atomic E-state index is 0.507. The van der Waals surface area contributed by atoms with E-state index < -0.39 is 0 Å². The maximum Gasteiger partial charge on any atom is 0.214 e. The van der Waals surface area contributed by atoms with Crippen molar-refractivity contribution >= 4 is 23.0 Å². The third kappa shape index (κ3) is 4.52. The summed E-state index contributed by atoms with van der Waals surface area (Å²) in [5.41, 5.74) is 7.87. The van der Waals surface area contributed by atoms with Gasteiger partial charge in [0.05, 0.1) is 6.54 Å². The molecule has 0 atom stereocenters. The van der Waals surface area contributed by atoms with Crippen LogP contribution >= 0.6 is 12.2 Å². The smallest absolute Gasteiger partial charge is 0.214 e. The van der Waals surface area contributed by atoms with Crippen molar-refractivity contribution in [3.05, 3.63) is 112 Å². The molecule has 5 nitrogen and oxygen atoms in total. The normalized spacial score (nSPS) is 10.9. The zero-order valence-electron chi connectivity index (χ0n) is 18.3. The topological polar surface area (TPSA) is 54.9 Å². The molecule has 33 heavy (non-hydrogen) atoms. The molecule has 0 unspecified atom stereocenters. The molecule has 5 aromatic rings. The van der Waals surface area contributed by atoms with Gasteiger partial charge in [0.25, 0.3) is 0 Å². The third-order valence-corrected chi connectivity index (χ3v) is 5.87. The molecule has 0 saturated heterocycles. The van der Waals surface area contributed by atoms with Crippen molar-refractivity contribution in [1.29, 1.82) is 0 Å². The molecule has 0 aliphatic heterocycles. The van der Waals surface area contributed by atoms with Crippen LogP contribution in [0.2, 0.25) is 0 Å². The van der Waals surface area contributed by atoms with Gasteiger partial charge in [0.15, 0.2) is 5.82 Å². The van der Waals surface area contributed by atoms with E-state index in [1.807, 2.05) is 47.1 Å². The molecule has 4 aromatic carbocycles. The van der Waals surface area contributed by atoms with Gasteiger partial charge in [-0.3, -0.25) is 0 Å². The molecule has 1 aromatic heterocycles. The Morgan fingerprint density at radius 3 is 2.61 bits per heavy atom. The molecular formula is C27H24N4OS. The summed E-state index contributed by atoms with van der Waals surface area (Å²) in [7, 11) is 0. The summed E-state index contributed by atoms with van der Waals surface area (Å²) < 4.78 is 8.63. The lowest BCUT2D eigenvalue weighted by Gasteiger charge is -2.17. The van der Waals surface area contributed by atoms with Crippen molar-refractivity contribution in [2.75, 3.05) is 5.43 Å². The van der Waals surface area contributed by atoms with Gasteiger partial charge >= 0.3 is 0 Å². The Labute approximate surface area is 197 Å². The van der Waals surface area contributed by atoms with E-state index in [9.17, 15) is 0 Å². The summed E-state index contributed by atoms with van der Waals surface area (Å²) in [4.78, 5) is 0. The van der Waals surface area contributed by atoms with Crippen LogP contribution in [0.4, 0.5) is 0 Å². The van der Waals surface area contributed by atoms with Crippen molar-refractivity contribution < 1.29 is 4.74 Å². The number of nitrogens with zero attached hydrogens (tertiary/aromatic N) is 2. The second-order valence-electron chi connectivity index (χ2n) is 7.93. The van der Waals surface area contributed by atoms with Gasteiger partial charge < -0.3 is 10.2 Å². The molecule has 0 saturated carbocycles. The van der Waals surface area contributed by atoms with Gasteiger partial charge in [-0.25, -0.2) is 9.77 Å². The van der Waals surface area contributed by atoms with Gasteiger partial charge in [-0.2, -0.15) is 5.10 Å². The van der Waals surface area contributed by atoms with E-state index in [0.717, 1.165) is 39.0 Å². The zero-order valence-corrected chi connectivity index (χ0v) is 19.1. The predicted octanol–water partition coefficient (Wildman–Crippen LogP) is 6.39. The van der Waals surface area contributed by atoms with Crippen LogP contribution in [0.3, 0.4) is 0 Å². The lowest BCUT2D eigenvalue weighted by atomic mass is 10.0. The Kier molecular flexibility index (Phi) is 5.91. The van der Waals surface area contributed by atoms with Crippen molar-refractivity contribution in [3.63, 3.8) is 0 Å². The van der Waals surface area contributed by atoms with E-state index in [1.165, 1.54) is 5.56 Å². The molecule has 0 spiro atoms. The molecular weight excluding hydrogens is 428 g/mol. The molecule has 2 N–H and O–H groups in total. The van der Waals surface area contributed by atoms with Crippen molar-refractivity contribution in [1.82, 2.24) is 14.9 Å².